The summed E-state index contributed by atoms with van der Waals surface area (Å²) in [5.74, 6) is -1.57. The van der Waals surface area contributed by atoms with Crippen LogP contribution in [0.2, 0.25) is 0 Å². The molecule has 0 bridgehead atoms. The molecular formula is C23H30FN3O4S. The zero-order valence-corrected chi connectivity index (χ0v) is 19.8. The minimum absolute atomic E-state index is 0.0345. The Kier molecular flexibility index (Phi) is 8.01. The van der Waals surface area contributed by atoms with Crippen LogP contribution in [0, 0.1) is 5.82 Å². The molecule has 0 saturated heterocycles. The molecule has 0 aromatic heterocycles. The second-order valence-electron chi connectivity index (χ2n) is 8.67. The van der Waals surface area contributed by atoms with Gasteiger partial charge in [0.25, 0.3) is 0 Å². The molecule has 0 spiro atoms. The van der Waals surface area contributed by atoms with Gasteiger partial charge in [-0.2, -0.15) is 0 Å². The summed E-state index contributed by atoms with van der Waals surface area (Å²) in [5, 5.41) is 2.85. The van der Waals surface area contributed by atoms with Gasteiger partial charge in [0.1, 0.15) is 18.4 Å². The normalized spacial score (nSPS) is 12.7. The van der Waals surface area contributed by atoms with E-state index in [9.17, 15) is 22.4 Å². The Morgan fingerprint density at radius 2 is 1.69 bits per heavy atom. The first-order valence-corrected chi connectivity index (χ1v) is 12.0. The van der Waals surface area contributed by atoms with Crippen LogP contribution >= 0.6 is 0 Å². The van der Waals surface area contributed by atoms with Crippen LogP contribution in [0.25, 0.3) is 0 Å². The van der Waals surface area contributed by atoms with Gasteiger partial charge >= 0.3 is 0 Å². The van der Waals surface area contributed by atoms with Crippen molar-refractivity contribution >= 4 is 27.5 Å². The highest BCUT2D eigenvalue weighted by atomic mass is 32.2. The zero-order valence-electron chi connectivity index (χ0n) is 19.0. The molecule has 0 aliphatic heterocycles. The van der Waals surface area contributed by atoms with Gasteiger partial charge in [-0.25, -0.2) is 12.8 Å². The average Bonchev–Trinajstić information content (AvgIpc) is 2.68. The van der Waals surface area contributed by atoms with Crippen LogP contribution in [0.4, 0.5) is 10.1 Å². The molecule has 0 aliphatic carbocycles. The Labute approximate surface area is 189 Å². The van der Waals surface area contributed by atoms with Crippen molar-refractivity contribution in [3.63, 3.8) is 0 Å². The largest absolute Gasteiger partial charge is 0.350 e. The number of benzene rings is 2. The maximum absolute atomic E-state index is 13.7. The Hall–Kier alpha value is -2.94. The smallest absolute Gasteiger partial charge is 0.244 e. The lowest BCUT2D eigenvalue weighted by Crippen LogP contribution is -2.54. The van der Waals surface area contributed by atoms with E-state index in [0.29, 0.717) is 0 Å². The van der Waals surface area contributed by atoms with Crippen LogP contribution in [-0.2, 0) is 26.2 Å². The molecule has 7 nitrogen and oxygen atoms in total. The summed E-state index contributed by atoms with van der Waals surface area (Å²) in [4.78, 5) is 27.5. The molecule has 2 amide bonds. The number of anilines is 1. The SMILES string of the molecule is C[C@@H](C(=O)NC(C)(C)C)N(Cc1ccccc1)C(=O)CN(c1cccc(F)c1)S(C)(=O)=O. The van der Waals surface area contributed by atoms with Gasteiger partial charge in [0.2, 0.25) is 21.8 Å². The van der Waals surface area contributed by atoms with Crippen LogP contribution < -0.4 is 9.62 Å². The first kappa shape index (κ1) is 25.3. The monoisotopic (exact) mass is 463 g/mol. The summed E-state index contributed by atoms with van der Waals surface area (Å²) < 4.78 is 39.4. The number of carbonyl (C=O) groups excluding carboxylic acids is 2. The van der Waals surface area contributed by atoms with Crippen molar-refractivity contribution in [3.8, 4) is 0 Å². The van der Waals surface area contributed by atoms with Crippen molar-refractivity contribution < 1.29 is 22.4 Å². The van der Waals surface area contributed by atoms with Crippen LogP contribution in [-0.4, -0.2) is 49.5 Å². The highest BCUT2D eigenvalue weighted by Crippen LogP contribution is 2.20. The number of sulfonamides is 1. The number of rotatable bonds is 8. The van der Waals surface area contributed by atoms with Crippen molar-refractivity contribution in [1.82, 2.24) is 10.2 Å². The zero-order chi connectivity index (χ0) is 24.1. The van der Waals surface area contributed by atoms with Gasteiger partial charge in [0, 0.05) is 12.1 Å². The van der Waals surface area contributed by atoms with Gasteiger partial charge in [0.05, 0.1) is 11.9 Å². The Morgan fingerprint density at radius 1 is 1.06 bits per heavy atom. The number of hydrogen-bond donors (Lipinski definition) is 1. The second kappa shape index (κ2) is 10.1. The van der Waals surface area contributed by atoms with Gasteiger partial charge in [-0.3, -0.25) is 13.9 Å². The molecule has 174 valence electrons. The summed E-state index contributed by atoms with van der Waals surface area (Å²) in [6.07, 6.45) is 0.947. The maximum atomic E-state index is 13.7. The third-order valence-corrected chi connectivity index (χ3v) is 5.78. The number of carbonyl (C=O) groups is 2. The van der Waals surface area contributed by atoms with E-state index in [1.54, 1.807) is 6.92 Å². The first-order chi connectivity index (χ1) is 14.8. The molecule has 2 rings (SSSR count). The van der Waals surface area contributed by atoms with Crippen LogP contribution in [0.15, 0.2) is 54.6 Å². The summed E-state index contributed by atoms with van der Waals surface area (Å²) in [7, 11) is -3.89. The number of amides is 2. The van der Waals surface area contributed by atoms with E-state index in [0.717, 1.165) is 22.2 Å². The topological polar surface area (TPSA) is 86.8 Å². The van der Waals surface area contributed by atoms with Gasteiger partial charge < -0.3 is 10.2 Å². The fourth-order valence-electron chi connectivity index (χ4n) is 3.08. The molecule has 2 aromatic carbocycles. The molecular weight excluding hydrogens is 433 g/mol. The minimum Gasteiger partial charge on any atom is -0.350 e. The molecule has 0 heterocycles. The van der Waals surface area contributed by atoms with E-state index in [-0.39, 0.29) is 18.1 Å². The van der Waals surface area contributed by atoms with E-state index in [1.165, 1.54) is 23.1 Å². The van der Waals surface area contributed by atoms with E-state index in [2.05, 4.69) is 5.32 Å². The predicted octanol–water partition coefficient (Wildman–Crippen LogP) is 2.92. The van der Waals surface area contributed by atoms with E-state index >= 15 is 0 Å². The van der Waals surface area contributed by atoms with Crippen LogP contribution in [0.1, 0.15) is 33.3 Å². The fourth-order valence-corrected chi connectivity index (χ4v) is 3.92. The molecule has 9 heteroatoms. The molecule has 0 radical (unpaired) electrons. The highest BCUT2D eigenvalue weighted by Gasteiger charge is 2.31. The van der Waals surface area contributed by atoms with E-state index < -0.39 is 39.9 Å². The standard InChI is InChI=1S/C23H30FN3O4S/c1-17(22(29)25-23(2,3)4)26(15-18-10-7-6-8-11-18)21(28)16-27(32(5,30)31)20-13-9-12-19(24)14-20/h6-14,17H,15-16H2,1-5H3,(H,25,29)/t17-/m0/s1. The number of nitrogens with one attached hydrogen (secondary N) is 1. The molecule has 1 N–H and O–H groups in total. The van der Waals surface area contributed by atoms with E-state index in [1.807, 2.05) is 51.1 Å². The Bertz CT molecular complexity index is 1050. The number of nitrogens with zero attached hydrogens (tertiary/aromatic N) is 2. The van der Waals surface area contributed by atoms with Crippen molar-refractivity contribution in [2.24, 2.45) is 0 Å². The Morgan fingerprint density at radius 3 is 2.22 bits per heavy atom. The molecule has 0 aliphatic rings. The average molecular weight is 464 g/mol. The first-order valence-electron chi connectivity index (χ1n) is 10.2. The molecule has 0 fully saturated rings. The van der Waals surface area contributed by atoms with Crippen LogP contribution in [0.5, 0.6) is 0 Å². The minimum atomic E-state index is -3.89. The lowest BCUT2D eigenvalue weighted by molar-refractivity contribution is -0.140. The predicted molar refractivity (Wildman–Crippen MR) is 123 cm³/mol. The summed E-state index contributed by atoms with van der Waals surface area (Å²) in [6, 6.07) is 13.2. The summed E-state index contributed by atoms with van der Waals surface area (Å²) in [6.45, 7) is 6.62. The lowest BCUT2D eigenvalue weighted by atomic mass is 10.1. The number of halogens is 1. The van der Waals surface area contributed by atoms with Crippen molar-refractivity contribution in [1.29, 1.82) is 0 Å². The van der Waals surface area contributed by atoms with Gasteiger partial charge in [-0.1, -0.05) is 36.4 Å². The van der Waals surface area contributed by atoms with Crippen molar-refractivity contribution in [2.45, 2.75) is 45.8 Å². The van der Waals surface area contributed by atoms with Crippen molar-refractivity contribution in [2.75, 3.05) is 17.1 Å². The van der Waals surface area contributed by atoms with Gasteiger partial charge in [-0.15, -0.1) is 0 Å². The second-order valence-corrected chi connectivity index (χ2v) is 10.6. The maximum Gasteiger partial charge on any atom is 0.244 e. The summed E-state index contributed by atoms with van der Waals surface area (Å²) >= 11 is 0. The molecule has 32 heavy (non-hydrogen) atoms. The third-order valence-electron chi connectivity index (χ3n) is 4.64. The summed E-state index contributed by atoms with van der Waals surface area (Å²) in [5.41, 5.74) is 0.313. The van der Waals surface area contributed by atoms with Crippen LogP contribution in [0.3, 0.4) is 0 Å². The third kappa shape index (κ3) is 7.33. The Balaban J connectivity index is 2.38. The lowest BCUT2D eigenvalue weighted by Gasteiger charge is -2.33. The highest BCUT2D eigenvalue weighted by molar-refractivity contribution is 7.92. The number of hydrogen-bond acceptors (Lipinski definition) is 4. The quantitative estimate of drug-likeness (QED) is 0.652. The van der Waals surface area contributed by atoms with Gasteiger partial charge in [0.15, 0.2) is 0 Å². The molecule has 0 unspecified atom stereocenters. The van der Waals surface area contributed by atoms with E-state index in [4.69, 9.17) is 0 Å². The van der Waals surface area contributed by atoms with Crippen molar-refractivity contribution in [3.05, 3.63) is 66.0 Å². The molecule has 0 saturated carbocycles. The fraction of sp³-hybridized carbons (Fsp3) is 0.391. The molecule has 2 aromatic rings. The van der Waals surface area contributed by atoms with Gasteiger partial charge in [-0.05, 0) is 51.5 Å². The molecule has 1 atom stereocenters.